The van der Waals surface area contributed by atoms with Gasteiger partial charge < -0.3 is 16.0 Å². The molecule has 2 heterocycles. The van der Waals surface area contributed by atoms with E-state index in [0.717, 1.165) is 0 Å². The van der Waals surface area contributed by atoms with Gasteiger partial charge in [0.15, 0.2) is 5.76 Å². The van der Waals surface area contributed by atoms with Gasteiger partial charge in [0, 0.05) is 6.07 Å². The van der Waals surface area contributed by atoms with Gasteiger partial charge in [-0.05, 0) is 13.8 Å². The molecule has 2 aromatic heterocycles. The van der Waals surface area contributed by atoms with Gasteiger partial charge in [0.2, 0.25) is 5.95 Å². The van der Waals surface area contributed by atoms with Crippen molar-refractivity contribution in [3.8, 4) is 11.5 Å². The SMILES string of the molecule is Cc1cc(-c2nc(N)nc(C)c2C(N)=O)on1. The zero-order chi connectivity index (χ0) is 12.6. The number of nitrogen functional groups attached to an aromatic ring is 1. The zero-order valence-corrected chi connectivity index (χ0v) is 9.39. The maximum absolute atomic E-state index is 11.4. The second-order valence-corrected chi connectivity index (χ2v) is 3.59. The van der Waals surface area contributed by atoms with E-state index < -0.39 is 5.91 Å². The van der Waals surface area contributed by atoms with Crippen LogP contribution < -0.4 is 11.5 Å². The highest BCUT2D eigenvalue weighted by atomic mass is 16.5. The van der Waals surface area contributed by atoms with Crippen molar-refractivity contribution in [2.75, 3.05) is 5.73 Å². The molecule has 0 aliphatic carbocycles. The first kappa shape index (κ1) is 11.1. The summed E-state index contributed by atoms with van der Waals surface area (Å²) < 4.78 is 5.05. The molecule has 0 fully saturated rings. The summed E-state index contributed by atoms with van der Waals surface area (Å²) in [5.41, 5.74) is 12.4. The molecule has 7 heteroatoms. The molecule has 2 rings (SSSR count). The van der Waals surface area contributed by atoms with E-state index in [0.29, 0.717) is 17.1 Å². The lowest BCUT2D eigenvalue weighted by Gasteiger charge is -2.06. The maximum Gasteiger partial charge on any atom is 0.252 e. The van der Waals surface area contributed by atoms with Crippen molar-refractivity contribution in [3.63, 3.8) is 0 Å². The molecule has 0 atom stereocenters. The molecule has 0 radical (unpaired) electrons. The van der Waals surface area contributed by atoms with Crippen LogP contribution in [0.25, 0.3) is 11.5 Å². The normalized spacial score (nSPS) is 10.5. The van der Waals surface area contributed by atoms with E-state index in [1.54, 1.807) is 19.9 Å². The number of carbonyl (C=O) groups is 1. The van der Waals surface area contributed by atoms with Crippen LogP contribution in [0, 0.1) is 13.8 Å². The Kier molecular flexibility index (Phi) is 2.51. The van der Waals surface area contributed by atoms with Gasteiger partial charge >= 0.3 is 0 Å². The van der Waals surface area contributed by atoms with Crippen molar-refractivity contribution in [1.82, 2.24) is 15.1 Å². The first-order valence-electron chi connectivity index (χ1n) is 4.86. The molecule has 0 spiro atoms. The minimum Gasteiger partial charge on any atom is -0.368 e. The summed E-state index contributed by atoms with van der Waals surface area (Å²) in [6.07, 6.45) is 0. The van der Waals surface area contributed by atoms with Gasteiger partial charge in [-0.25, -0.2) is 9.97 Å². The van der Waals surface area contributed by atoms with Crippen molar-refractivity contribution in [2.24, 2.45) is 5.73 Å². The molecule has 2 aromatic rings. The number of nitrogens with two attached hydrogens (primary N) is 2. The lowest BCUT2D eigenvalue weighted by atomic mass is 10.1. The average Bonchev–Trinajstić information content (AvgIpc) is 2.62. The molecular weight excluding hydrogens is 222 g/mol. The van der Waals surface area contributed by atoms with Gasteiger partial charge in [0.25, 0.3) is 5.91 Å². The number of anilines is 1. The molecule has 17 heavy (non-hydrogen) atoms. The minimum absolute atomic E-state index is 0.0524. The molecule has 88 valence electrons. The van der Waals surface area contributed by atoms with Gasteiger partial charge in [-0.15, -0.1) is 0 Å². The second-order valence-electron chi connectivity index (χ2n) is 3.59. The van der Waals surface area contributed by atoms with E-state index in [9.17, 15) is 4.79 Å². The molecular formula is C10H11N5O2. The number of hydrogen-bond acceptors (Lipinski definition) is 6. The van der Waals surface area contributed by atoms with Crippen LogP contribution in [0.3, 0.4) is 0 Å². The van der Waals surface area contributed by atoms with Crippen LogP contribution in [0.2, 0.25) is 0 Å². The van der Waals surface area contributed by atoms with E-state index >= 15 is 0 Å². The smallest absolute Gasteiger partial charge is 0.252 e. The van der Waals surface area contributed by atoms with Crippen LogP contribution >= 0.6 is 0 Å². The van der Waals surface area contributed by atoms with Gasteiger partial charge in [0.05, 0.1) is 17.0 Å². The van der Waals surface area contributed by atoms with Crippen LogP contribution in [0.15, 0.2) is 10.6 Å². The number of amides is 1. The summed E-state index contributed by atoms with van der Waals surface area (Å²) in [4.78, 5) is 19.2. The predicted molar refractivity (Wildman–Crippen MR) is 59.9 cm³/mol. The Morgan fingerprint density at radius 3 is 2.59 bits per heavy atom. The third-order valence-electron chi connectivity index (χ3n) is 2.21. The molecule has 0 saturated carbocycles. The predicted octanol–water partition coefficient (Wildman–Crippen LogP) is 0.430. The Morgan fingerprint density at radius 1 is 1.35 bits per heavy atom. The summed E-state index contributed by atoms with van der Waals surface area (Å²) >= 11 is 0. The van der Waals surface area contributed by atoms with Crippen LogP contribution in [0.4, 0.5) is 5.95 Å². The average molecular weight is 233 g/mol. The third kappa shape index (κ3) is 1.94. The Balaban J connectivity index is 2.71. The quantitative estimate of drug-likeness (QED) is 0.775. The van der Waals surface area contributed by atoms with Gasteiger partial charge in [-0.3, -0.25) is 4.79 Å². The lowest BCUT2D eigenvalue weighted by Crippen LogP contribution is -2.17. The number of primary amides is 1. The number of aryl methyl sites for hydroxylation is 2. The molecule has 4 N–H and O–H groups in total. The maximum atomic E-state index is 11.4. The molecule has 7 nitrogen and oxygen atoms in total. The fourth-order valence-electron chi connectivity index (χ4n) is 1.54. The summed E-state index contributed by atoms with van der Waals surface area (Å²) in [7, 11) is 0. The van der Waals surface area contributed by atoms with Crippen molar-refractivity contribution in [2.45, 2.75) is 13.8 Å². The molecule has 1 amide bonds. The van der Waals surface area contributed by atoms with E-state index in [1.165, 1.54) is 0 Å². The van der Waals surface area contributed by atoms with Gasteiger partial charge in [0.1, 0.15) is 5.69 Å². The largest absolute Gasteiger partial charge is 0.368 e. The highest BCUT2D eigenvalue weighted by molar-refractivity contribution is 5.99. The molecule has 0 saturated heterocycles. The number of hydrogen-bond donors (Lipinski definition) is 2. The van der Waals surface area contributed by atoms with E-state index in [-0.39, 0.29) is 17.2 Å². The highest BCUT2D eigenvalue weighted by Crippen LogP contribution is 2.24. The van der Waals surface area contributed by atoms with Crippen molar-refractivity contribution in [1.29, 1.82) is 0 Å². The van der Waals surface area contributed by atoms with Gasteiger partial charge in [-0.1, -0.05) is 5.16 Å². The van der Waals surface area contributed by atoms with Crippen molar-refractivity contribution in [3.05, 3.63) is 23.0 Å². The first-order chi connectivity index (χ1) is 7.99. The minimum atomic E-state index is -0.633. The van der Waals surface area contributed by atoms with E-state index in [1.807, 2.05) is 0 Å². The number of rotatable bonds is 2. The summed E-state index contributed by atoms with van der Waals surface area (Å²) in [5.74, 6) is -0.239. The van der Waals surface area contributed by atoms with Crippen LogP contribution in [0.1, 0.15) is 21.7 Å². The second kappa shape index (κ2) is 3.85. The Hall–Kier alpha value is -2.44. The molecule has 0 bridgehead atoms. The van der Waals surface area contributed by atoms with Crippen LogP contribution in [-0.4, -0.2) is 21.0 Å². The third-order valence-corrected chi connectivity index (χ3v) is 2.21. The standard InChI is InChI=1S/C10H11N5O2/c1-4-3-6(17-15-4)8-7(9(11)16)5(2)13-10(12)14-8/h3H,1-2H3,(H2,11,16)(H2,12,13,14). The summed E-state index contributed by atoms with van der Waals surface area (Å²) in [6.45, 7) is 3.39. The number of nitrogens with zero attached hydrogens (tertiary/aromatic N) is 3. The van der Waals surface area contributed by atoms with E-state index in [4.69, 9.17) is 16.0 Å². The topological polar surface area (TPSA) is 121 Å². The fourth-order valence-corrected chi connectivity index (χ4v) is 1.54. The fraction of sp³-hybridized carbons (Fsp3) is 0.200. The first-order valence-corrected chi connectivity index (χ1v) is 4.86. The molecule has 0 aliphatic rings. The molecule has 0 aliphatic heterocycles. The van der Waals surface area contributed by atoms with E-state index in [2.05, 4.69) is 15.1 Å². The Morgan fingerprint density at radius 2 is 2.06 bits per heavy atom. The number of aromatic nitrogens is 3. The van der Waals surface area contributed by atoms with Crippen molar-refractivity contribution >= 4 is 11.9 Å². The molecule has 0 aromatic carbocycles. The Bertz CT molecular complexity index is 590. The van der Waals surface area contributed by atoms with Crippen molar-refractivity contribution < 1.29 is 9.32 Å². The highest BCUT2D eigenvalue weighted by Gasteiger charge is 2.19. The Labute approximate surface area is 96.8 Å². The lowest BCUT2D eigenvalue weighted by molar-refractivity contribution is 0.0999. The summed E-state index contributed by atoms with van der Waals surface area (Å²) in [6, 6.07) is 1.65. The summed E-state index contributed by atoms with van der Waals surface area (Å²) in [5, 5.41) is 3.72. The monoisotopic (exact) mass is 233 g/mol. The molecule has 0 unspecified atom stereocenters. The van der Waals surface area contributed by atoms with Crippen LogP contribution in [-0.2, 0) is 0 Å². The van der Waals surface area contributed by atoms with Gasteiger partial charge in [-0.2, -0.15) is 0 Å². The van der Waals surface area contributed by atoms with Crippen LogP contribution in [0.5, 0.6) is 0 Å². The number of carbonyl (C=O) groups excluding carboxylic acids is 1. The zero-order valence-electron chi connectivity index (χ0n) is 9.39.